The van der Waals surface area contributed by atoms with Crippen LogP contribution in [0.2, 0.25) is 5.02 Å². The number of allylic oxidation sites excluding steroid dienone is 2. The highest BCUT2D eigenvalue weighted by Crippen LogP contribution is 2.42. The second-order valence-electron chi connectivity index (χ2n) is 10.3. The molecule has 1 saturated heterocycles. The predicted molar refractivity (Wildman–Crippen MR) is 158 cm³/mol. The summed E-state index contributed by atoms with van der Waals surface area (Å²) in [4.78, 5) is 38.6. The number of benzene rings is 2. The van der Waals surface area contributed by atoms with Gasteiger partial charge in [0.05, 0.1) is 5.76 Å². The molecule has 0 radical (unpaired) electrons. The Kier molecular flexibility index (Phi) is 8.12. The summed E-state index contributed by atoms with van der Waals surface area (Å²) >= 11 is 6.79. The lowest BCUT2D eigenvalue weighted by molar-refractivity contribution is -0.128. The summed E-state index contributed by atoms with van der Waals surface area (Å²) in [7, 11) is 3.36. The van der Waals surface area contributed by atoms with Gasteiger partial charge in [-0.05, 0) is 29.3 Å². The smallest absolute Gasteiger partial charge is 0.246 e. The van der Waals surface area contributed by atoms with Gasteiger partial charge in [0.2, 0.25) is 17.8 Å². The molecule has 2 heterocycles. The number of hydrogen-bond acceptors (Lipinski definition) is 7. The number of halogens is 2. The quantitative estimate of drug-likeness (QED) is 0.404. The zero-order chi connectivity index (χ0) is 29.3. The van der Waals surface area contributed by atoms with Crippen LogP contribution in [-0.4, -0.2) is 83.5 Å². The Hall–Kier alpha value is -4.18. The van der Waals surface area contributed by atoms with Gasteiger partial charge < -0.3 is 25.1 Å². The van der Waals surface area contributed by atoms with E-state index < -0.39 is 11.7 Å². The van der Waals surface area contributed by atoms with Crippen LogP contribution in [0.15, 0.2) is 54.8 Å². The maximum Gasteiger partial charge on any atom is 0.246 e. The van der Waals surface area contributed by atoms with Crippen molar-refractivity contribution in [2.75, 3.05) is 57.0 Å². The van der Waals surface area contributed by atoms with E-state index in [-0.39, 0.29) is 52.6 Å². The van der Waals surface area contributed by atoms with Crippen LogP contribution in [0.5, 0.6) is 0 Å². The molecule has 2 amide bonds. The minimum absolute atomic E-state index is 0.0654. The molecular weight excluding hydrogens is 547 g/mol. The third kappa shape index (κ3) is 5.69. The van der Waals surface area contributed by atoms with E-state index in [0.29, 0.717) is 43.8 Å². The minimum atomic E-state index is -0.602. The van der Waals surface area contributed by atoms with Gasteiger partial charge in [0, 0.05) is 81.6 Å². The number of carbonyl (C=O) groups is 2. The summed E-state index contributed by atoms with van der Waals surface area (Å²) in [5, 5.41) is 14.2. The summed E-state index contributed by atoms with van der Waals surface area (Å²) in [6.07, 6.45) is 3.50. The summed E-state index contributed by atoms with van der Waals surface area (Å²) in [6, 6.07) is 9.25. The van der Waals surface area contributed by atoms with Gasteiger partial charge in [-0.1, -0.05) is 42.4 Å². The fraction of sp³-hybridized carbons (Fsp3) is 0.333. The zero-order valence-electron chi connectivity index (χ0n) is 23.0. The summed E-state index contributed by atoms with van der Waals surface area (Å²) in [5.41, 5.74) is 2.06. The number of nitrogens with one attached hydrogen (secondary N) is 1. The Bertz CT molecular complexity index is 1550. The minimum Gasteiger partial charge on any atom is -0.512 e. The van der Waals surface area contributed by atoms with Crippen molar-refractivity contribution in [2.45, 2.75) is 18.8 Å². The molecule has 214 valence electrons. The number of carbonyl (C=O) groups excluding carboxylic acids is 2. The molecule has 0 saturated carbocycles. The molecule has 1 aliphatic heterocycles. The van der Waals surface area contributed by atoms with Crippen LogP contribution in [0.4, 0.5) is 16.2 Å². The molecule has 41 heavy (non-hydrogen) atoms. The lowest BCUT2D eigenvalue weighted by atomic mass is 9.82. The number of aromatic nitrogens is 2. The molecule has 11 heteroatoms. The normalized spacial score (nSPS) is 16.7. The first-order valence-corrected chi connectivity index (χ1v) is 13.8. The van der Waals surface area contributed by atoms with Crippen LogP contribution in [0.1, 0.15) is 29.0 Å². The molecule has 1 aromatic heterocycles. The van der Waals surface area contributed by atoms with Crippen molar-refractivity contribution in [2.24, 2.45) is 0 Å². The molecule has 1 atom stereocenters. The Morgan fingerprint density at radius 1 is 1.22 bits per heavy atom. The SMILES string of the molecule is C=CC(=O)N1CCN(c2nc(NCCC(=O)N(C)C)nc3c(F)c([C@H]4C=C(O)Cc5ccccc54)c(Cl)cc23)CC1. The van der Waals surface area contributed by atoms with Crippen LogP contribution in [0.25, 0.3) is 10.9 Å². The second-order valence-corrected chi connectivity index (χ2v) is 10.8. The molecule has 9 nitrogen and oxygen atoms in total. The van der Waals surface area contributed by atoms with E-state index in [9.17, 15) is 14.7 Å². The van der Waals surface area contributed by atoms with Crippen LogP contribution < -0.4 is 10.2 Å². The van der Waals surface area contributed by atoms with Crippen molar-refractivity contribution in [3.8, 4) is 0 Å². The van der Waals surface area contributed by atoms with E-state index in [1.165, 1.54) is 11.0 Å². The number of hydrogen-bond donors (Lipinski definition) is 2. The maximum absolute atomic E-state index is 16.6. The van der Waals surface area contributed by atoms with Gasteiger partial charge in [0.15, 0.2) is 5.82 Å². The Morgan fingerprint density at radius 3 is 2.66 bits per heavy atom. The predicted octanol–water partition coefficient (Wildman–Crippen LogP) is 4.28. The number of piperazine rings is 1. The average Bonchev–Trinajstić information content (AvgIpc) is 2.96. The molecular formula is C30H32ClFN6O3. The number of fused-ring (bicyclic) bond motifs is 2. The van der Waals surface area contributed by atoms with E-state index in [1.807, 2.05) is 29.2 Å². The molecule has 2 aromatic carbocycles. The van der Waals surface area contributed by atoms with Crippen molar-refractivity contribution >= 4 is 46.1 Å². The summed E-state index contributed by atoms with van der Waals surface area (Å²) < 4.78 is 16.6. The average molecular weight is 579 g/mol. The van der Waals surface area contributed by atoms with Gasteiger partial charge in [-0.15, -0.1) is 0 Å². The largest absolute Gasteiger partial charge is 0.512 e. The van der Waals surface area contributed by atoms with Crippen molar-refractivity contribution < 1.29 is 19.1 Å². The van der Waals surface area contributed by atoms with Crippen molar-refractivity contribution in [1.82, 2.24) is 19.8 Å². The molecule has 2 aliphatic rings. The molecule has 1 aliphatic carbocycles. The number of anilines is 2. The number of nitrogens with zero attached hydrogens (tertiary/aromatic N) is 5. The Morgan fingerprint density at radius 2 is 1.95 bits per heavy atom. The molecule has 0 spiro atoms. The van der Waals surface area contributed by atoms with Crippen LogP contribution in [0, 0.1) is 5.82 Å². The number of amides is 2. The highest BCUT2D eigenvalue weighted by atomic mass is 35.5. The maximum atomic E-state index is 16.6. The lowest BCUT2D eigenvalue weighted by Gasteiger charge is -2.35. The van der Waals surface area contributed by atoms with Gasteiger partial charge in [-0.25, -0.2) is 9.37 Å². The first kappa shape index (κ1) is 28.4. The van der Waals surface area contributed by atoms with E-state index >= 15 is 4.39 Å². The molecule has 0 bridgehead atoms. The van der Waals surface area contributed by atoms with Crippen molar-refractivity contribution in [1.29, 1.82) is 0 Å². The molecule has 1 fully saturated rings. The topological polar surface area (TPSA) is 102 Å². The number of aliphatic hydroxyl groups is 1. The summed E-state index contributed by atoms with van der Waals surface area (Å²) in [5.74, 6) is -0.604. The van der Waals surface area contributed by atoms with Crippen LogP contribution >= 0.6 is 11.6 Å². The van der Waals surface area contributed by atoms with E-state index in [4.69, 9.17) is 16.6 Å². The first-order valence-electron chi connectivity index (χ1n) is 13.4. The monoisotopic (exact) mass is 578 g/mol. The first-order chi connectivity index (χ1) is 19.7. The fourth-order valence-electron chi connectivity index (χ4n) is 5.35. The van der Waals surface area contributed by atoms with E-state index in [2.05, 4.69) is 16.9 Å². The Balaban J connectivity index is 1.59. The number of rotatable bonds is 7. The fourth-order valence-corrected chi connectivity index (χ4v) is 5.66. The highest BCUT2D eigenvalue weighted by molar-refractivity contribution is 6.32. The third-order valence-corrected chi connectivity index (χ3v) is 7.83. The second kappa shape index (κ2) is 11.7. The van der Waals surface area contributed by atoms with E-state index in [1.54, 1.807) is 31.1 Å². The van der Waals surface area contributed by atoms with Gasteiger partial charge in [0.25, 0.3) is 0 Å². The third-order valence-electron chi connectivity index (χ3n) is 7.52. The van der Waals surface area contributed by atoms with Gasteiger partial charge in [0.1, 0.15) is 11.3 Å². The standard InChI is InChI=1S/C30H32ClFN6O3/c1-4-24(40)37-11-13-38(14-12-37)29-22-17-23(31)26(21-16-19(39)15-18-7-5-6-8-20(18)21)27(32)28(22)34-30(35-29)33-10-9-25(41)36(2)3/h4-8,16-17,21,39H,1,9-15H2,2-3H3,(H,33,34,35)/t21-/m0/s1. The van der Waals surface area contributed by atoms with Crippen molar-refractivity contribution in [3.05, 3.63) is 82.4 Å². The highest BCUT2D eigenvalue weighted by Gasteiger charge is 2.30. The van der Waals surface area contributed by atoms with Gasteiger partial charge in [-0.2, -0.15) is 4.98 Å². The molecule has 0 unspecified atom stereocenters. The van der Waals surface area contributed by atoms with Crippen molar-refractivity contribution in [3.63, 3.8) is 0 Å². The molecule has 2 N–H and O–H groups in total. The van der Waals surface area contributed by atoms with Gasteiger partial charge >= 0.3 is 0 Å². The summed E-state index contributed by atoms with van der Waals surface area (Å²) in [6.45, 7) is 5.67. The molecule has 3 aromatic rings. The zero-order valence-corrected chi connectivity index (χ0v) is 23.8. The van der Waals surface area contributed by atoms with Crippen LogP contribution in [0.3, 0.4) is 0 Å². The lowest BCUT2D eigenvalue weighted by Crippen LogP contribution is -2.48. The Labute approximate surface area is 242 Å². The number of aliphatic hydroxyl groups excluding tert-OH is 1. The molecule has 5 rings (SSSR count). The van der Waals surface area contributed by atoms with E-state index in [0.717, 1.165) is 11.1 Å². The van der Waals surface area contributed by atoms with Crippen LogP contribution in [-0.2, 0) is 16.0 Å². The van der Waals surface area contributed by atoms with Gasteiger partial charge in [-0.3, -0.25) is 9.59 Å².